The summed E-state index contributed by atoms with van der Waals surface area (Å²) in [6, 6.07) is 15.3. The van der Waals surface area contributed by atoms with Crippen LogP contribution < -0.4 is 16.5 Å². The average molecular weight is 384 g/mol. The zero-order valence-electron chi connectivity index (χ0n) is 15.9. The quantitative estimate of drug-likeness (QED) is 0.311. The average Bonchev–Trinajstić information content (AvgIpc) is 3.15. The highest BCUT2D eigenvalue weighted by molar-refractivity contribution is 6.08. The summed E-state index contributed by atoms with van der Waals surface area (Å²) in [5.74, 6) is 0.0682. The van der Waals surface area contributed by atoms with Gasteiger partial charge in [-0.3, -0.25) is 15.2 Å². The Kier molecular flexibility index (Phi) is 4.70. The zero-order valence-corrected chi connectivity index (χ0v) is 15.9. The first-order valence-corrected chi connectivity index (χ1v) is 9.02. The third-order valence-electron chi connectivity index (χ3n) is 4.55. The van der Waals surface area contributed by atoms with Gasteiger partial charge >= 0.3 is 0 Å². The topological polar surface area (TPSA) is 108 Å². The minimum Gasteiger partial charge on any atom is -0.385 e. The number of hydrogen-bond donors (Lipinski definition) is 4. The Labute approximate surface area is 167 Å². The molecule has 4 aromatic rings. The largest absolute Gasteiger partial charge is 0.385 e. The Morgan fingerprint density at radius 1 is 1.10 bits per heavy atom. The van der Waals surface area contributed by atoms with Crippen LogP contribution in [0.5, 0.6) is 0 Å². The van der Waals surface area contributed by atoms with Gasteiger partial charge in [0.25, 0.3) is 5.91 Å². The molecule has 7 nitrogen and oxygen atoms in total. The van der Waals surface area contributed by atoms with Crippen molar-refractivity contribution in [2.24, 2.45) is 10.8 Å². The van der Waals surface area contributed by atoms with Gasteiger partial charge in [0.05, 0.1) is 5.71 Å². The molecule has 1 amide bonds. The van der Waals surface area contributed by atoms with Crippen LogP contribution in [0.1, 0.15) is 23.0 Å². The van der Waals surface area contributed by atoms with Crippen LogP contribution in [0.25, 0.3) is 21.7 Å². The lowest BCUT2D eigenvalue weighted by molar-refractivity contribution is 0.102. The summed E-state index contributed by atoms with van der Waals surface area (Å²) >= 11 is 0. The van der Waals surface area contributed by atoms with Crippen LogP contribution in [0.15, 0.2) is 78.4 Å². The van der Waals surface area contributed by atoms with E-state index in [4.69, 9.17) is 5.73 Å². The van der Waals surface area contributed by atoms with E-state index in [1.165, 1.54) is 0 Å². The first-order chi connectivity index (χ1) is 14.0. The molecule has 0 saturated carbocycles. The van der Waals surface area contributed by atoms with E-state index in [1.54, 1.807) is 12.4 Å². The lowest BCUT2D eigenvalue weighted by atomic mass is 10.1. The summed E-state index contributed by atoms with van der Waals surface area (Å²) in [6.45, 7) is 5.42. The van der Waals surface area contributed by atoms with Crippen molar-refractivity contribution in [2.45, 2.75) is 6.92 Å². The van der Waals surface area contributed by atoms with E-state index in [0.29, 0.717) is 5.69 Å². The van der Waals surface area contributed by atoms with Gasteiger partial charge in [0.2, 0.25) is 0 Å². The van der Waals surface area contributed by atoms with E-state index in [-0.39, 0.29) is 11.7 Å². The molecular weight excluding hydrogens is 364 g/mol. The van der Waals surface area contributed by atoms with Crippen molar-refractivity contribution in [3.8, 4) is 0 Å². The van der Waals surface area contributed by atoms with Gasteiger partial charge in [0.1, 0.15) is 11.5 Å². The third-order valence-corrected chi connectivity index (χ3v) is 4.55. The minimum atomic E-state index is -0.206. The van der Waals surface area contributed by atoms with Gasteiger partial charge in [-0.15, -0.1) is 0 Å². The second-order valence-electron chi connectivity index (χ2n) is 6.71. The van der Waals surface area contributed by atoms with Gasteiger partial charge in [0.15, 0.2) is 0 Å². The van der Waals surface area contributed by atoms with Crippen LogP contribution in [0.3, 0.4) is 0 Å². The smallest absolute Gasteiger partial charge is 0.272 e. The molecule has 0 aliphatic carbocycles. The number of aromatic nitrogens is 2. The fraction of sp³-hybridized carbons (Fsp3) is 0.0455. The Hall–Kier alpha value is -4.13. The van der Waals surface area contributed by atoms with E-state index < -0.39 is 0 Å². The SMILES string of the molecule is C=C(N)N/N=C(\C)c1ccc2[nH]c(C(=O)Nc3ccc4cnccc4c3)cc2c1. The molecule has 0 fully saturated rings. The standard InChI is InChI=1S/C22H20N6O/c1-13(27-28-14(2)23)15-4-6-20-18(9-15)11-21(26-20)22(29)25-19-5-3-17-12-24-8-7-16(17)10-19/h3-12,26,28H,2,23H2,1H3,(H,25,29)/b27-13+. The number of hydrazone groups is 1. The first-order valence-electron chi connectivity index (χ1n) is 9.02. The van der Waals surface area contributed by atoms with E-state index in [2.05, 4.69) is 32.4 Å². The fourth-order valence-corrected chi connectivity index (χ4v) is 3.06. The maximum absolute atomic E-state index is 12.7. The molecule has 0 bridgehead atoms. The maximum Gasteiger partial charge on any atom is 0.272 e. The molecular formula is C22H20N6O. The Balaban J connectivity index is 1.57. The summed E-state index contributed by atoms with van der Waals surface area (Å²) in [7, 11) is 0. The molecule has 0 aliphatic rings. The van der Waals surface area contributed by atoms with Gasteiger partial charge in [0, 0.05) is 34.4 Å². The molecule has 0 atom stereocenters. The number of carbonyl (C=O) groups is 1. The van der Waals surface area contributed by atoms with Gasteiger partial charge < -0.3 is 16.0 Å². The van der Waals surface area contributed by atoms with Crippen molar-refractivity contribution in [3.05, 3.63) is 84.6 Å². The Bertz CT molecular complexity index is 1270. The third kappa shape index (κ3) is 3.93. The van der Waals surface area contributed by atoms with E-state index >= 15 is 0 Å². The molecule has 144 valence electrons. The zero-order chi connectivity index (χ0) is 20.4. The molecule has 0 saturated heterocycles. The Morgan fingerprint density at radius 3 is 2.79 bits per heavy atom. The van der Waals surface area contributed by atoms with Crippen molar-refractivity contribution in [3.63, 3.8) is 0 Å². The summed E-state index contributed by atoms with van der Waals surface area (Å²) in [5, 5.41) is 10.1. The molecule has 0 radical (unpaired) electrons. The van der Waals surface area contributed by atoms with Crippen LogP contribution in [0.2, 0.25) is 0 Å². The molecule has 0 spiro atoms. The summed E-state index contributed by atoms with van der Waals surface area (Å²) in [6.07, 6.45) is 3.52. The highest BCUT2D eigenvalue weighted by Crippen LogP contribution is 2.21. The van der Waals surface area contributed by atoms with Crippen molar-refractivity contribution < 1.29 is 4.79 Å². The molecule has 2 heterocycles. The number of carbonyl (C=O) groups excluding carboxylic acids is 1. The minimum absolute atomic E-state index is 0.206. The number of amides is 1. The number of nitrogens with zero attached hydrogens (tertiary/aromatic N) is 2. The normalized spacial score (nSPS) is 11.6. The molecule has 2 aromatic heterocycles. The van der Waals surface area contributed by atoms with Crippen LogP contribution in [-0.2, 0) is 0 Å². The monoisotopic (exact) mass is 384 g/mol. The number of benzene rings is 2. The summed E-state index contributed by atoms with van der Waals surface area (Å²) in [4.78, 5) is 20.0. The van der Waals surface area contributed by atoms with Gasteiger partial charge in [-0.1, -0.05) is 18.7 Å². The van der Waals surface area contributed by atoms with Crippen LogP contribution in [-0.4, -0.2) is 21.6 Å². The molecule has 2 aromatic carbocycles. The molecule has 0 aliphatic heterocycles. The number of aromatic amines is 1. The highest BCUT2D eigenvalue weighted by atomic mass is 16.1. The second kappa shape index (κ2) is 7.47. The number of pyridine rings is 1. The number of nitrogens with two attached hydrogens (primary N) is 1. The fourth-order valence-electron chi connectivity index (χ4n) is 3.06. The van der Waals surface area contributed by atoms with E-state index in [9.17, 15) is 4.79 Å². The van der Waals surface area contributed by atoms with E-state index in [1.807, 2.05) is 55.5 Å². The van der Waals surface area contributed by atoms with Crippen molar-refractivity contribution in [2.75, 3.05) is 5.32 Å². The summed E-state index contributed by atoms with van der Waals surface area (Å²) in [5.41, 5.74) is 11.9. The molecule has 4 rings (SSSR count). The first kappa shape index (κ1) is 18.2. The van der Waals surface area contributed by atoms with Gasteiger partial charge in [-0.25, -0.2) is 0 Å². The molecule has 0 unspecified atom stereocenters. The van der Waals surface area contributed by atoms with Crippen molar-refractivity contribution >= 4 is 39.0 Å². The molecule has 7 heteroatoms. The predicted octanol–water partition coefficient (Wildman–Crippen LogP) is 3.71. The number of hydrogen-bond acceptors (Lipinski definition) is 5. The van der Waals surface area contributed by atoms with Crippen molar-refractivity contribution in [1.29, 1.82) is 0 Å². The number of H-pyrrole nitrogens is 1. The number of nitrogens with one attached hydrogen (secondary N) is 3. The number of rotatable bonds is 5. The van der Waals surface area contributed by atoms with Gasteiger partial charge in [-0.2, -0.15) is 5.10 Å². The Morgan fingerprint density at radius 2 is 1.97 bits per heavy atom. The van der Waals surface area contributed by atoms with Crippen LogP contribution >= 0.6 is 0 Å². The maximum atomic E-state index is 12.7. The predicted molar refractivity (Wildman–Crippen MR) is 117 cm³/mol. The lowest BCUT2D eigenvalue weighted by Gasteiger charge is -2.05. The van der Waals surface area contributed by atoms with E-state index in [0.717, 1.165) is 38.6 Å². The van der Waals surface area contributed by atoms with Gasteiger partial charge in [-0.05, 0) is 54.3 Å². The number of anilines is 1. The lowest BCUT2D eigenvalue weighted by Crippen LogP contribution is -2.14. The summed E-state index contributed by atoms with van der Waals surface area (Å²) < 4.78 is 0. The highest BCUT2D eigenvalue weighted by Gasteiger charge is 2.11. The van der Waals surface area contributed by atoms with Crippen molar-refractivity contribution in [1.82, 2.24) is 15.4 Å². The van der Waals surface area contributed by atoms with Crippen LogP contribution in [0, 0.1) is 0 Å². The molecule has 29 heavy (non-hydrogen) atoms. The molecule has 5 N–H and O–H groups in total. The second-order valence-corrected chi connectivity index (χ2v) is 6.71. The number of fused-ring (bicyclic) bond motifs is 2. The van der Waals surface area contributed by atoms with Crippen LogP contribution in [0.4, 0.5) is 5.69 Å².